The van der Waals surface area contributed by atoms with Crippen molar-refractivity contribution in [2.75, 3.05) is 18.5 Å². The molecule has 0 fully saturated rings. The zero-order chi connectivity index (χ0) is 24.4. The number of ether oxygens (including phenoxy) is 1. The Hall–Kier alpha value is -4.25. The fourth-order valence-electron chi connectivity index (χ4n) is 3.80. The van der Waals surface area contributed by atoms with Gasteiger partial charge in [-0.2, -0.15) is 0 Å². The number of rotatable bonds is 9. The van der Waals surface area contributed by atoms with Gasteiger partial charge >= 0.3 is 11.6 Å². The summed E-state index contributed by atoms with van der Waals surface area (Å²) in [6.07, 6.45) is 0.688. The number of aromatic nitrogens is 2. The summed E-state index contributed by atoms with van der Waals surface area (Å²) >= 11 is 0. The van der Waals surface area contributed by atoms with Crippen LogP contribution in [0.2, 0.25) is 0 Å². The Morgan fingerprint density at radius 1 is 1.29 bits per heavy atom. The molecule has 34 heavy (non-hydrogen) atoms. The largest absolute Gasteiger partial charge is 0.477 e. The smallest absolute Gasteiger partial charge is 0.351 e. The fraction of sp³-hybridized carbons (Fsp3) is 0.261. The van der Waals surface area contributed by atoms with Crippen LogP contribution in [0.1, 0.15) is 29.3 Å². The second-order valence-corrected chi connectivity index (χ2v) is 7.60. The number of carboxylic acid groups (broad SMARTS) is 1. The summed E-state index contributed by atoms with van der Waals surface area (Å²) in [4.78, 5) is 38.9. The molecule has 0 radical (unpaired) electrons. The van der Waals surface area contributed by atoms with Gasteiger partial charge in [0.1, 0.15) is 11.1 Å². The molecule has 4 aromatic rings. The van der Waals surface area contributed by atoms with Crippen molar-refractivity contribution < 1.29 is 24.0 Å². The molecule has 0 aliphatic rings. The van der Waals surface area contributed by atoms with Gasteiger partial charge in [0.05, 0.1) is 16.0 Å². The molecule has 0 unspecified atom stereocenters. The molecule has 11 heteroatoms. The van der Waals surface area contributed by atoms with Gasteiger partial charge in [0, 0.05) is 49.0 Å². The van der Waals surface area contributed by atoms with E-state index in [2.05, 4.69) is 10.3 Å². The number of hydrogen-bond donors (Lipinski definition) is 2. The molecule has 2 N–H and O–H groups in total. The normalized spacial score (nSPS) is 11.2. The number of nitrogens with one attached hydrogen (secondary N) is 1. The number of fused-ring (bicyclic) bond motifs is 2. The molecule has 0 spiro atoms. The predicted molar refractivity (Wildman–Crippen MR) is 125 cm³/mol. The molecule has 11 nitrogen and oxygen atoms in total. The van der Waals surface area contributed by atoms with Crippen molar-refractivity contribution in [1.82, 2.24) is 9.55 Å². The summed E-state index contributed by atoms with van der Waals surface area (Å²) in [5.41, 5.74) is 1.06. The summed E-state index contributed by atoms with van der Waals surface area (Å²) in [5, 5.41) is 24.0. The van der Waals surface area contributed by atoms with E-state index in [1.54, 1.807) is 31.2 Å². The molecule has 0 aliphatic carbocycles. The number of imidazole rings is 1. The molecular weight excluding hydrogens is 444 g/mol. The first kappa shape index (κ1) is 22.9. The van der Waals surface area contributed by atoms with E-state index in [0.717, 1.165) is 0 Å². The van der Waals surface area contributed by atoms with Crippen molar-refractivity contribution in [3.8, 4) is 0 Å². The lowest BCUT2D eigenvalue weighted by atomic mass is 10.1. The molecule has 0 saturated carbocycles. The Morgan fingerprint density at radius 3 is 2.68 bits per heavy atom. The van der Waals surface area contributed by atoms with Crippen LogP contribution in [-0.2, 0) is 11.3 Å². The van der Waals surface area contributed by atoms with E-state index in [0.29, 0.717) is 59.8 Å². The first-order valence-electron chi connectivity index (χ1n) is 10.6. The van der Waals surface area contributed by atoms with Crippen molar-refractivity contribution >= 4 is 45.3 Å². The first-order chi connectivity index (χ1) is 16.3. The molecule has 0 saturated heterocycles. The Morgan fingerprint density at radius 2 is 2.03 bits per heavy atom. The minimum Gasteiger partial charge on any atom is -0.477 e. The highest BCUT2D eigenvalue weighted by Crippen LogP contribution is 2.30. The highest BCUT2D eigenvalue weighted by Gasteiger charge is 2.20. The summed E-state index contributed by atoms with van der Waals surface area (Å²) in [6.45, 7) is 5.14. The van der Waals surface area contributed by atoms with E-state index in [4.69, 9.17) is 9.15 Å². The van der Waals surface area contributed by atoms with Crippen molar-refractivity contribution in [2.45, 2.75) is 26.8 Å². The fourth-order valence-corrected chi connectivity index (χ4v) is 3.80. The molecule has 2 heterocycles. The lowest BCUT2D eigenvalue weighted by molar-refractivity contribution is -0.384. The number of benzene rings is 2. The van der Waals surface area contributed by atoms with E-state index in [1.807, 2.05) is 11.5 Å². The molecular formula is C23H22N4O7. The van der Waals surface area contributed by atoms with Crippen LogP contribution in [0.5, 0.6) is 0 Å². The van der Waals surface area contributed by atoms with Crippen molar-refractivity contribution in [3.05, 3.63) is 68.1 Å². The second kappa shape index (κ2) is 9.32. The third-order valence-corrected chi connectivity index (χ3v) is 5.46. The Labute approximate surface area is 192 Å². The maximum Gasteiger partial charge on any atom is 0.351 e. The van der Waals surface area contributed by atoms with Crippen LogP contribution in [0, 0.1) is 17.0 Å². The van der Waals surface area contributed by atoms with Gasteiger partial charge in [-0.25, -0.2) is 14.6 Å². The molecule has 2 aromatic carbocycles. The third-order valence-electron chi connectivity index (χ3n) is 5.46. The molecule has 2 aromatic heterocycles. The zero-order valence-electron chi connectivity index (χ0n) is 18.5. The number of aryl methyl sites for hydroxylation is 2. The lowest BCUT2D eigenvalue weighted by Gasteiger charge is -2.11. The van der Waals surface area contributed by atoms with Gasteiger partial charge in [0.15, 0.2) is 0 Å². The summed E-state index contributed by atoms with van der Waals surface area (Å²) in [5.74, 6) is -0.871. The summed E-state index contributed by atoms with van der Waals surface area (Å²) in [7, 11) is 0. The van der Waals surface area contributed by atoms with Crippen molar-refractivity contribution in [3.63, 3.8) is 0 Å². The number of aromatic carboxylic acids is 1. The van der Waals surface area contributed by atoms with Gasteiger partial charge in [0.25, 0.3) is 5.69 Å². The van der Waals surface area contributed by atoms with Gasteiger partial charge < -0.3 is 24.1 Å². The first-order valence-corrected chi connectivity index (χ1v) is 10.6. The van der Waals surface area contributed by atoms with Gasteiger partial charge in [-0.05, 0) is 44.0 Å². The number of carbonyl (C=O) groups is 1. The van der Waals surface area contributed by atoms with Crippen LogP contribution < -0.4 is 10.9 Å². The molecule has 0 aliphatic heterocycles. The number of carboxylic acids is 1. The third kappa shape index (κ3) is 4.33. The highest BCUT2D eigenvalue weighted by molar-refractivity contribution is 5.99. The SMILES string of the molecule is CCOCCCn1c(Nc2ccc([N+](=O)[O-])cc2)nc2cc3c(C)c(C(=O)O)c(=O)oc3cc21. The Bertz CT molecular complexity index is 1450. The van der Waals surface area contributed by atoms with Crippen LogP contribution in [0.4, 0.5) is 17.3 Å². The van der Waals surface area contributed by atoms with Crippen molar-refractivity contribution in [1.29, 1.82) is 0 Å². The van der Waals surface area contributed by atoms with Gasteiger partial charge in [-0.15, -0.1) is 0 Å². The molecule has 176 valence electrons. The summed E-state index contributed by atoms with van der Waals surface area (Å²) < 4.78 is 12.7. The van der Waals surface area contributed by atoms with Crippen LogP contribution >= 0.6 is 0 Å². The highest BCUT2D eigenvalue weighted by atomic mass is 16.6. The zero-order valence-corrected chi connectivity index (χ0v) is 18.5. The number of nitro benzene ring substituents is 1. The lowest BCUT2D eigenvalue weighted by Crippen LogP contribution is -2.15. The van der Waals surface area contributed by atoms with Gasteiger partial charge in [0.2, 0.25) is 5.95 Å². The van der Waals surface area contributed by atoms with E-state index in [9.17, 15) is 24.8 Å². The summed E-state index contributed by atoms with van der Waals surface area (Å²) in [6, 6.07) is 9.31. The molecule has 4 rings (SSSR count). The van der Waals surface area contributed by atoms with E-state index in [1.165, 1.54) is 12.1 Å². The quantitative estimate of drug-likeness (QED) is 0.160. The number of nitro groups is 1. The van der Waals surface area contributed by atoms with Crippen molar-refractivity contribution in [2.24, 2.45) is 0 Å². The number of nitrogens with zero attached hydrogens (tertiary/aromatic N) is 3. The standard InChI is InChI=1S/C23H22N4O7/c1-3-33-10-4-9-26-18-12-19-16(13(2)20(21(28)29)22(30)34-19)11-17(18)25-23(26)24-14-5-7-15(8-6-14)27(31)32/h5-8,11-12H,3-4,9-10H2,1-2H3,(H,24,25)(H,28,29). The van der Waals surface area contributed by atoms with Crippen LogP contribution in [-0.4, -0.2) is 38.8 Å². The number of anilines is 2. The Kier molecular flexibility index (Phi) is 6.28. The minimum atomic E-state index is -1.35. The molecule has 0 bridgehead atoms. The molecule has 0 amide bonds. The van der Waals surface area contributed by atoms with Crippen LogP contribution in [0.3, 0.4) is 0 Å². The van der Waals surface area contributed by atoms with Crippen LogP contribution in [0.15, 0.2) is 45.6 Å². The van der Waals surface area contributed by atoms with Gasteiger partial charge in [-0.3, -0.25) is 10.1 Å². The van der Waals surface area contributed by atoms with E-state index >= 15 is 0 Å². The maximum absolute atomic E-state index is 12.2. The average Bonchev–Trinajstić information content (AvgIpc) is 3.11. The average molecular weight is 466 g/mol. The number of non-ortho nitro benzene ring substituents is 1. The second-order valence-electron chi connectivity index (χ2n) is 7.60. The Balaban J connectivity index is 1.83. The number of hydrogen-bond acceptors (Lipinski definition) is 8. The van der Waals surface area contributed by atoms with E-state index in [-0.39, 0.29) is 11.3 Å². The monoisotopic (exact) mass is 466 g/mol. The van der Waals surface area contributed by atoms with Gasteiger partial charge in [-0.1, -0.05) is 0 Å². The minimum absolute atomic E-state index is 0.0262. The topological polar surface area (TPSA) is 150 Å². The maximum atomic E-state index is 12.2. The molecule has 0 atom stereocenters. The predicted octanol–water partition coefficient (Wildman–Crippen LogP) is 4.23. The van der Waals surface area contributed by atoms with Crippen LogP contribution in [0.25, 0.3) is 22.0 Å². The van der Waals surface area contributed by atoms with E-state index < -0.39 is 22.1 Å².